The molecule has 0 spiro atoms. The molecule has 2 unspecified atom stereocenters. The second kappa shape index (κ2) is 12.0. The van der Waals surface area contributed by atoms with E-state index in [0.29, 0.717) is 18.8 Å². The molecule has 2 rings (SSSR count). The predicted octanol–water partition coefficient (Wildman–Crippen LogP) is 4.57. The van der Waals surface area contributed by atoms with E-state index in [0.717, 1.165) is 11.5 Å². The highest BCUT2D eigenvalue weighted by molar-refractivity contribution is 5.86. The monoisotopic (exact) mass is 428 g/mol. The van der Waals surface area contributed by atoms with Crippen LogP contribution in [-0.4, -0.2) is 38.4 Å². The van der Waals surface area contributed by atoms with E-state index in [1.54, 1.807) is 20.8 Å². The average Bonchev–Trinajstić information content (AvgIpc) is 2.74. The Labute approximate surface area is 184 Å². The maximum atomic E-state index is 11.4. The number of benzene rings is 1. The summed E-state index contributed by atoms with van der Waals surface area (Å²) < 4.78 is 21.5. The zero-order valence-electron chi connectivity index (χ0n) is 18.8. The van der Waals surface area contributed by atoms with Crippen molar-refractivity contribution in [2.45, 2.75) is 33.6 Å². The van der Waals surface area contributed by atoms with Crippen LogP contribution in [0.3, 0.4) is 0 Å². The second-order valence-corrected chi connectivity index (χ2v) is 7.82. The van der Waals surface area contributed by atoms with Gasteiger partial charge >= 0.3 is 11.9 Å². The molecular weight excluding hydrogens is 396 g/mol. The van der Waals surface area contributed by atoms with E-state index < -0.39 is 5.97 Å². The molecule has 6 heteroatoms. The van der Waals surface area contributed by atoms with Gasteiger partial charge in [0, 0.05) is 11.5 Å². The Morgan fingerprint density at radius 3 is 2.26 bits per heavy atom. The highest BCUT2D eigenvalue weighted by atomic mass is 16.6. The molecule has 0 bridgehead atoms. The molecular formula is C25H32O6. The number of ether oxygens (including phenoxy) is 4. The minimum absolute atomic E-state index is 0.135. The molecule has 0 heterocycles. The maximum Gasteiger partial charge on any atom is 0.333 e. The first-order valence-electron chi connectivity index (χ1n) is 10.5. The van der Waals surface area contributed by atoms with Gasteiger partial charge in [-0.15, -0.1) is 0 Å². The lowest BCUT2D eigenvalue weighted by Gasteiger charge is -2.23. The Hall–Kier alpha value is -3.02. The summed E-state index contributed by atoms with van der Waals surface area (Å²) >= 11 is 0. The molecule has 0 aliphatic heterocycles. The third-order valence-corrected chi connectivity index (χ3v) is 4.73. The molecule has 2 atom stereocenters. The molecule has 31 heavy (non-hydrogen) atoms. The van der Waals surface area contributed by atoms with Gasteiger partial charge in [-0.3, -0.25) is 4.79 Å². The van der Waals surface area contributed by atoms with Crippen LogP contribution in [0.2, 0.25) is 0 Å². The summed E-state index contributed by atoms with van der Waals surface area (Å²) in [6.07, 6.45) is 6.12. The molecule has 168 valence electrons. The number of hydrogen-bond donors (Lipinski definition) is 0. The minimum Gasteiger partial charge on any atom is -0.490 e. The quantitative estimate of drug-likeness (QED) is 0.292. The zero-order chi connectivity index (χ0) is 22.8. The first kappa shape index (κ1) is 24.3. The lowest BCUT2D eigenvalue weighted by molar-refractivity contribution is -0.148. The Morgan fingerprint density at radius 1 is 1.00 bits per heavy atom. The number of esters is 2. The van der Waals surface area contributed by atoms with Crippen LogP contribution in [0, 0.1) is 11.8 Å². The third-order valence-electron chi connectivity index (χ3n) is 4.73. The van der Waals surface area contributed by atoms with E-state index in [4.69, 9.17) is 18.9 Å². The number of hydrogen-bond acceptors (Lipinski definition) is 6. The average molecular weight is 429 g/mol. The van der Waals surface area contributed by atoms with E-state index in [9.17, 15) is 9.59 Å². The van der Waals surface area contributed by atoms with E-state index in [1.165, 1.54) is 5.56 Å². The van der Waals surface area contributed by atoms with Gasteiger partial charge < -0.3 is 18.9 Å². The summed E-state index contributed by atoms with van der Waals surface area (Å²) in [6.45, 7) is 11.9. The number of carbonyl (C=O) groups excluding carboxylic acids is 2. The molecule has 0 saturated heterocycles. The molecule has 0 N–H and O–H groups in total. The molecule has 0 radical (unpaired) electrons. The van der Waals surface area contributed by atoms with E-state index >= 15 is 0 Å². The van der Waals surface area contributed by atoms with Gasteiger partial charge in [0.15, 0.2) is 0 Å². The topological polar surface area (TPSA) is 71.1 Å². The first-order chi connectivity index (χ1) is 14.8. The number of allylic oxidation sites excluding steroid dienone is 3. The Morgan fingerprint density at radius 2 is 1.65 bits per heavy atom. The number of carbonyl (C=O) groups is 2. The van der Waals surface area contributed by atoms with Crippen molar-refractivity contribution in [3.63, 3.8) is 0 Å². The van der Waals surface area contributed by atoms with Crippen LogP contribution in [0.15, 0.2) is 60.4 Å². The van der Waals surface area contributed by atoms with E-state index in [1.807, 2.05) is 30.3 Å². The molecule has 1 aromatic carbocycles. The van der Waals surface area contributed by atoms with Crippen LogP contribution < -0.4 is 4.74 Å². The Balaban J connectivity index is 1.77. The van der Waals surface area contributed by atoms with Crippen molar-refractivity contribution in [2.75, 3.05) is 26.4 Å². The van der Waals surface area contributed by atoms with Gasteiger partial charge in [0.25, 0.3) is 0 Å². The summed E-state index contributed by atoms with van der Waals surface area (Å²) in [5.41, 5.74) is 1.55. The van der Waals surface area contributed by atoms with Crippen molar-refractivity contribution in [1.29, 1.82) is 0 Å². The molecule has 6 nitrogen and oxygen atoms in total. The molecule has 0 aromatic heterocycles. The van der Waals surface area contributed by atoms with Crippen LogP contribution in [0.5, 0.6) is 5.75 Å². The molecule has 1 aromatic rings. The fourth-order valence-corrected chi connectivity index (χ4v) is 2.97. The van der Waals surface area contributed by atoms with Crippen molar-refractivity contribution in [3.8, 4) is 5.75 Å². The van der Waals surface area contributed by atoms with Gasteiger partial charge in [0.05, 0.1) is 5.92 Å². The summed E-state index contributed by atoms with van der Waals surface area (Å²) in [4.78, 5) is 22.8. The summed E-state index contributed by atoms with van der Waals surface area (Å²) in [6, 6.07) is 7.92. The minimum atomic E-state index is -0.408. The smallest absolute Gasteiger partial charge is 0.333 e. The van der Waals surface area contributed by atoms with E-state index in [2.05, 4.69) is 25.7 Å². The second-order valence-electron chi connectivity index (χ2n) is 7.82. The molecule has 0 amide bonds. The number of rotatable bonds is 11. The van der Waals surface area contributed by atoms with Crippen LogP contribution in [-0.2, 0) is 23.8 Å². The van der Waals surface area contributed by atoms with Gasteiger partial charge in [-0.2, -0.15) is 0 Å². The first-order valence-corrected chi connectivity index (χ1v) is 10.5. The van der Waals surface area contributed by atoms with Crippen LogP contribution in [0.1, 0.15) is 39.2 Å². The highest BCUT2D eigenvalue weighted by Crippen LogP contribution is 2.32. The lowest BCUT2D eigenvalue weighted by Crippen LogP contribution is -2.16. The Kier molecular flexibility index (Phi) is 9.38. The van der Waals surface area contributed by atoms with Gasteiger partial charge in [0.2, 0.25) is 0 Å². The Bertz CT molecular complexity index is 819. The largest absolute Gasteiger partial charge is 0.490 e. The van der Waals surface area contributed by atoms with Gasteiger partial charge in [-0.05, 0) is 42.7 Å². The van der Waals surface area contributed by atoms with Crippen molar-refractivity contribution < 1.29 is 28.5 Å². The third kappa shape index (κ3) is 7.96. The molecule has 0 fully saturated rings. The highest BCUT2D eigenvalue weighted by Gasteiger charge is 2.19. The molecule has 1 aliphatic carbocycles. The molecule has 0 saturated carbocycles. The SMILES string of the molecule is C=C(C)C(=O)OCCOC1=CC(C)C(c2ccc(OCCOC(=O)C(C)C)cc2)C=C1. The lowest BCUT2D eigenvalue weighted by atomic mass is 9.84. The van der Waals surface area contributed by atoms with Crippen molar-refractivity contribution >= 4 is 11.9 Å². The fourth-order valence-electron chi connectivity index (χ4n) is 2.97. The van der Waals surface area contributed by atoms with Gasteiger partial charge in [-0.1, -0.05) is 45.6 Å². The fraction of sp³-hybridized carbons (Fsp3) is 0.440. The predicted molar refractivity (Wildman–Crippen MR) is 119 cm³/mol. The van der Waals surface area contributed by atoms with Crippen LogP contribution in [0.25, 0.3) is 0 Å². The van der Waals surface area contributed by atoms with Crippen LogP contribution in [0.4, 0.5) is 0 Å². The maximum absolute atomic E-state index is 11.4. The standard InChI is InChI=1S/C25H32O6/c1-17(2)24(26)30-14-12-28-21-8-6-20(7-9-21)23-11-10-22(16-19(23)5)29-13-15-31-25(27)18(3)4/h6-11,16-17,19,23H,3,12-15H2,1-2,4-5H3. The van der Waals surface area contributed by atoms with Crippen LogP contribution >= 0.6 is 0 Å². The van der Waals surface area contributed by atoms with Crippen molar-refractivity contribution in [2.24, 2.45) is 11.8 Å². The van der Waals surface area contributed by atoms with Crippen molar-refractivity contribution in [3.05, 3.63) is 66.0 Å². The van der Waals surface area contributed by atoms with Gasteiger partial charge in [0.1, 0.15) is 37.9 Å². The van der Waals surface area contributed by atoms with Gasteiger partial charge in [-0.25, -0.2) is 4.79 Å². The van der Waals surface area contributed by atoms with Crippen molar-refractivity contribution in [1.82, 2.24) is 0 Å². The zero-order valence-corrected chi connectivity index (χ0v) is 18.8. The summed E-state index contributed by atoms with van der Waals surface area (Å²) in [5, 5.41) is 0. The summed E-state index contributed by atoms with van der Waals surface area (Å²) in [5.74, 6) is 1.22. The normalized spacial score (nSPS) is 17.6. The summed E-state index contributed by atoms with van der Waals surface area (Å²) in [7, 11) is 0. The molecule has 1 aliphatic rings. The van der Waals surface area contributed by atoms with E-state index in [-0.39, 0.29) is 36.9 Å².